The summed E-state index contributed by atoms with van der Waals surface area (Å²) in [6.07, 6.45) is 7.72. The fourth-order valence-corrected chi connectivity index (χ4v) is 4.60. The number of aliphatic hydroxyl groups excluding tert-OH is 1. The number of thioether (sulfide) groups is 1. The first-order valence-corrected chi connectivity index (χ1v) is 7.24. The van der Waals surface area contributed by atoms with Gasteiger partial charge in [-0.15, -0.1) is 0 Å². The van der Waals surface area contributed by atoms with Crippen LogP contribution in [0.25, 0.3) is 0 Å². The lowest BCUT2D eigenvalue weighted by Gasteiger charge is -2.42. The van der Waals surface area contributed by atoms with Gasteiger partial charge in [0.05, 0.1) is 5.60 Å². The molecule has 0 bridgehead atoms. The Bertz CT molecular complexity index is 202. The van der Waals surface area contributed by atoms with Crippen LogP contribution in [-0.4, -0.2) is 33.4 Å². The molecule has 3 heteroatoms. The Balaban J connectivity index is 1.95. The lowest BCUT2D eigenvalue weighted by atomic mass is 9.79. The molecule has 1 saturated heterocycles. The molecule has 2 rings (SSSR count). The topological polar surface area (TPSA) is 40.5 Å². The first-order chi connectivity index (χ1) is 7.24. The third-order valence-electron chi connectivity index (χ3n) is 3.97. The zero-order valence-corrected chi connectivity index (χ0v) is 10.1. The summed E-state index contributed by atoms with van der Waals surface area (Å²) in [5.41, 5.74) is -0.420. The summed E-state index contributed by atoms with van der Waals surface area (Å²) in [5, 5.41) is 20.2. The van der Waals surface area contributed by atoms with Gasteiger partial charge in [-0.2, -0.15) is 11.8 Å². The molecule has 2 atom stereocenters. The predicted octanol–water partition coefficient (Wildman–Crippen LogP) is 2.19. The van der Waals surface area contributed by atoms with Gasteiger partial charge in [-0.3, -0.25) is 0 Å². The van der Waals surface area contributed by atoms with Crippen molar-refractivity contribution in [3.63, 3.8) is 0 Å². The van der Waals surface area contributed by atoms with Gasteiger partial charge in [-0.05, 0) is 37.4 Å². The molecule has 0 aromatic carbocycles. The second kappa shape index (κ2) is 5.07. The van der Waals surface area contributed by atoms with Gasteiger partial charge >= 0.3 is 0 Å². The van der Waals surface area contributed by atoms with Gasteiger partial charge in [-0.25, -0.2) is 0 Å². The Morgan fingerprint density at radius 1 is 1.20 bits per heavy atom. The van der Waals surface area contributed by atoms with Crippen LogP contribution in [0.3, 0.4) is 0 Å². The van der Waals surface area contributed by atoms with E-state index in [9.17, 15) is 10.2 Å². The Morgan fingerprint density at radius 3 is 2.60 bits per heavy atom. The minimum atomic E-state index is -0.420. The molecule has 2 nitrogen and oxygen atoms in total. The van der Waals surface area contributed by atoms with Crippen molar-refractivity contribution < 1.29 is 10.2 Å². The predicted molar refractivity (Wildman–Crippen MR) is 64.1 cm³/mol. The number of rotatable bonds is 2. The normalized spacial score (nSPS) is 36.4. The van der Waals surface area contributed by atoms with E-state index in [1.165, 1.54) is 19.3 Å². The minimum Gasteiger partial charge on any atom is -0.396 e. The molecule has 1 heterocycles. The van der Waals surface area contributed by atoms with Gasteiger partial charge in [0.2, 0.25) is 0 Å². The molecule has 2 N–H and O–H groups in total. The van der Waals surface area contributed by atoms with Gasteiger partial charge < -0.3 is 10.2 Å². The molecule has 1 aliphatic carbocycles. The zero-order chi connectivity index (χ0) is 10.7. The van der Waals surface area contributed by atoms with E-state index in [2.05, 4.69) is 0 Å². The van der Waals surface area contributed by atoms with Crippen LogP contribution in [0.15, 0.2) is 0 Å². The number of hydrogen-bond donors (Lipinski definition) is 2. The van der Waals surface area contributed by atoms with Crippen LogP contribution in [0.5, 0.6) is 0 Å². The third-order valence-corrected chi connectivity index (χ3v) is 5.47. The summed E-state index contributed by atoms with van der Waals surface area (Å²) >= 11 is 1.93. The minimum absolute atomic E-state index is 0.299. The van der Waals surface area contributed by atoms with Crippen molar-refractivity contribution in [1.29, 1.82) is 0 Å². The van der Waals surface area contributed by atoms with Gasteiger partial charge in [0, 0.05) is 11.9 Å². The van der Waals surface area contributed by atoms with Crippen molar-refractivity contribution in [2.75, 3.05) is 12.4 Å². The fourth-order valence-electron chi connectivity index (χ4n) is 2.89. The Kier molecular flexibility index (Phi) is 3.97. The van der Waals surface area contributed by atoms with Crippen LogP contribution in [0, 0.1) is 5.92 Å². The van der Waals surface area contributed by atoms with Crippen molar-refractivity contribution in [3.05, 3.63) is 0 Å². The van der Waals surface area contributed by atoms with Crippen LogP contribution >= 0.6 is 11.8 Å². The quantitative estimate of drug-likeness (QED) is 0.764. The van der Waals surface area contributed by atoms with E-state index in [4.69, 9.17) is 0 Å². The Hall–Kier alpha value is 0.270. The SMILES string of the molecule is OCC1CCSC(C2(O)CCCCC2)C1. The Morgan fingerprint density at radius 2 is 1.93 bits per heavy atom. The van der Waals surface area contributed by atoms with E-state index < -0.39 is 5.60 Å². The summed E-state index contributed by atoms with van der Waals surface area (Å²) < 4.78 is 0. The molecular weight excluding hydrogens is 208 g/mol. The maximum Gasteiger partial charge on any atom is 0.0765 e. The second-order valence-corrected chi connectivity index (χ2v) is 6.41. The van der Waals surface area contributed by atoms with E-state index in [1.807, 2.05) is 11.8 Å². The van der Waals surface area contributed by atoms with Crippen LogP contribution in [0.1, 0.15) is 44.9 Å². The summed E-state index contributed by atoms with van der Waals surface area (Å²) in [4.78, 5) is 0. The number of hydrogen-bond acceptors (Lipinski definition) is 3. The van der Waals surface area contributed by atoms with E-state index in [1.54, 1.807) is 0 Å². The molecule has 0 amide bonds. The zero-order valence-electron chi connectivity index (χ0n) is 9.32. The average molecular weight is 230 g/mol. The lowest BCUT2D eigenvalue weighted by molar-refractivity contribution is -0.00615. The van der Waals surface area contributed by atoms with Crippen molar-refractivity contribution in [2.45, 2.75) is 55.8 Å². The summed E-state index contributed by atoms with van der Waals surface area (Å²) in [7, 11) is 0. The summed E-state index contributed by atoms with van der Waals surface area (Å²) in [6, 6.07) is 0. The fraction of sp³-hybridized carbons (Fsp3) is 1.00. The highest BCUT2D eigenvalue weighted by Gasteiger charge is 2.40. The molecule has 0 spiro atoms. The van der Waals surface area contributed by atoms with Crippen LogP contribution in [-0.2, 0) is 0 Å². The van der Waals surface area contributed by atoms with Crippen LogP contribution in [0.2, 0.25) is 0 Å². The van der Waals surface area contributed by atoms with Gasteiger partial charge in [-0.1, -0.05) is 19.3 Å². The maximum absolute atomic E-state index is 10.6. The Labute approximate surface area is 96.5 Å². The maximum atomic E-state index is 10.6. The first-order valence-electron chi connectivity index (χ1n) is 6.19. The van der Waals surface area contributed by atoms with Crippen molar-refractivity contribution in [3.8, 4) is 0 Å². The van der Waals surface area contributed by atoms with Crippen molar-refractivity contribution in [1.82, 2.24) is 0 Å². The van der Waals surface area contributed by atoms with Crippen LogP contribution in [0.4, 0.5) is 0 Å². The van der Waals surface area contributed by atoms with E-state index in [0.29, 0.717) is 17.8 Å². The molecule has 2 aliphatic rings. The molecule has 88 valence electrons. The molecule has 1 aliphatic heterocycles. The van der Waals surface area contributed by atoms with E-state index >= 15 is 0 Å². The highest BCUT2D eigenvalue weighted by molar-refractivity contribution is 8.00. The molecule has 0 aromatic rings. The van der Waals surface area contributed by atoms with Gasteiger partial charge in [0.15, 0.2) is 0 Å². The van der Waals surface area contributed by atoms with E-state index in [0.717, 1.165) is 31.4 Å². The summed E-state index contributed by atoms with van der Waals surface area (Å²) in [6.45, 7) is 0.299. The molecule has 15 heavy (non-hydrogen) atoms. The molecule has 2 unspecified atom stereocenters. The van der Waals surface area contributed by atoms with Crippen molar-refractivity contribution in [2.24, 2.45) is 5.92 Å². The summed E-state index contributed by atoms with van der Waals surface area (Å²) in [5.74, 6) is 1.54. The third kappa shape index (κ3) is 2.69. The van der Waals surface area contributed by atoms with Crippen molar-refractivity contribution >= 4 is 11.8 Å². The highest BCUT2D eigenvalue weighted by atomic mass is 32.2. The standard InChI is InChI=1S/C12H22O2S/c13-9-10-4-7-15-11(8-10)12(14)5-2-1-3-6-12/h10-11,13-14H,1-9H2. The van der Waals surface area contributed by atoms with E-state index in [-0.39, 0.29) is 0 Å². The lowest BCUT2D eigenvalue weighted by Crippen LogP contribution is -2.45. The second-order valence-electron chi connectivity index (χ2n) is 5.10. The van der Waals surface area contributed by atoms with Gasteiger partial charge in [0.25, 0.3) is 0 Å². The highest BCUT2D eigenvalue weighted by Crippen LogP contribution is 2.42. The number of aliphatic hydroxyl groups is 2. The first kappa shape index (κ1) is 11.7. The molecule has 2 fully saturated rings. The van der Waals surface area contributed by atoms with Crippen LogP contribution < -0.4 is 0 Å². The monoisotopic (exact) mass is 230 g/mol. The molecular formula is C12H22O2S. The average Bonchev–Trinajstić information content (AvgIpc) is 2.30. The smallest absolute Gasteiger partial charge is 0.0765 e. The molecule has 0 radical (unpaired) electrons. The molecule has 0 aromatic heterocycles. The largest absolute Gasteiger partial charge is 0.396 e. The van der Waals surface area contributed by atoms with Gasteiger partial charge in [0.1, 0.15) is 0 Å². The molecule has 1 saturated carbocycles.